The van der Waals surface area contributed by atoms with Crippen LogP contribution in [-0.2, 0) is 11.2 Å². The Kier molecular flexibility index (Phi) is 3.85. The van der Waals surface area contributed by atoms with E-state index in [0.717, 1.165) is 17.8 Å². The number of rotatable bonds is 5. The van der Waals surface area contributed by atoms with Crippen molar-refractivity contribution in [3.05, 3.63) is 16.1 Å². The Morgan fingerprint density at radius 1 is 1.77 bits per heavy atom. The van der Waals surface area contributed by atoms with Gasteiger partial charge in [0.05, 0.1) is 11.2 Å². The zero-order valence-electron chi connectivity index (χ0n) is 7.32. The van der Waals surface area contributed by atoms with Gasteiger partial charge in [-0.05, 0) is 6.42 Å². The second kappa shape index (κ2) is 4.94. The highest BCUT2D eigenvalue weighted by atomic mass is 32.1. The molecule has 0 saturated carbocycles. The summed E-state index contributed by atoms with van der Waals surface area (Å²) in [6.45, 7) is 0.683. The number of hydrogen-bond donors (Lipinski definition) is 1. The van der Waals surface area contributed by atoms with Gasteiger partial charge in [0, 0.05) is 20.1 Å². The number of carboxylic acid groups (broad SMARTS) is 1. The highest BCUT2D eigenvalue weighted by molar-refractivity contribution is 7.13. The van der Waals surface area contributed by atoms with Gasteiger partial charge in [0.25, 0.3) is 0 Å². The first kappa shape index (κ1) is 10.1. The summed E-state index contributed by atoms with van der Waals surface area (Å²) in [7, 11) is 1.64. The summed E-state index contributed by atoms with van der Waals surface area (Å²) in [6, 6.07) is 0. The third-order valence-corrected chi connectivity index (χ3v) is 2.55. The standard InChI is InChI=1S/C8H11NO3S/c1-12-4-2-3-7-9-5-6(13-7)8(10)11/h5H,2-4H2,1H3,(H,10,11). The Hall–Kier alpha value is -0.940. The van der Waals surface area contributed by atoms with E-state index in [9.17, 15) is 4.79 Å². The van der Waals surface area contributed by atoms with Crippen molar-refractivity contribution >= 4 is 17.3 Å². The second-order valence-electron chi connectivity index (χ2n) is 2.52. The van der Waals surface area contributed by atoms with Gasteiger partial charge in [-0.15, -0.1) is 11.3 Å². The topological polar surface area (TPSA) is 59.4 Å². The van der Waals surface area contributed by atoms with E-state index in [4.69, 9.17) is 9.84 Å². The van der Waals surface area contributed by atoms with E-state index < -0.39 is 5.97 Å². The van der Waals surface area contributed by atoms with Crippen LogP contribution in [0.25, 0.3) is 0 Å². The van der Waals surface area contributed by atoms with E-state index in [1.165, 1.54) is 17.5 Å². The Bertz CT molecular complexity index is 285. The van der Waals surface area contributed by atoms with Crippen molar-refractivity contribution in [1.82, 2.24) is 4.98 Å². The highest BCUT2D eigenvalue weighted by Crippen LogP contribution is 2.14. The number of nitrogens with zero attached hydrogens (tertiary/aromatic N) is 1. The number of aromatic nitrogens is 1. The Morgan fingerprint density at radius 2 is 2.54 bits per heavy atom. The maximum Gasteiger partial charge on any atom is 0.347 e. The minimum absolute atomic E-state index is 0.299. The smallest absolute Gasteiger partial charge is 0.347 e. The van der Waals surface area contributed by atoms with Crippen molar-refractivity contribution < 1.29 is 14.6 Å². The molecule has 0 fully saturated rings. The first-order valence-corrected chi connectivity index (χ1v) is 4.72. The molecular formula is C8H11NO3S. The lowest BCUT2D eigenvalue weighted by Crippen LogP contribution is -1.91. The summed E-state index contributed by atoms with van der Waals surface area (Å²) in [5.41, 5.74) is 0. The largest absolute Gasteiger partial charge is 0.477 e. The average molecular weight is 201 g/mol. The maximum absolute atomic E-state index is 10.5. The Labute approximate surface area is 80.2 Å². The van der Waals surface area contributed by atoms with E-state index in [0.29, 0.717) is 11.5 Å². The number of carbonyl (C=O) groups is 1. The van der Waals surface area contributed by atoms with E-state index >= 15 is 0 Å². The van der Waals surface area contributed by atoms with E-state index in [2.05, 4.69) is 4.98 Å². The van der Waals surface area contributed by atoms with Crippen LogP contribution in [0, 0.1) is 0 Å². The van der Waals surface area contributed by atoms with Gasteiger partial charge in [0.1, 0.15) is 4.88 Å². The molecule has 1 N–H and O–H groups in total. The number of aromatic carboxylic acids is 1. The predicted octanol–water partition coefficient (Wildman–Crippen LogP) is 1.42. The lowest BCUT2D eigenvalue weighted by molar-refractivity contribution is 0.0702. The zero-order valence-corrected chi connectivity index (χ0v) is 8.13. The number of hydrogen-bond acceptors (Lipinski definition) is 4. The molecule has 1 rings (SSSR count). The van der Waals surface area contributed by atoms with Crippen LogP contribution in [0.4, 0.5) is 0 Å². The van der Waals surface area contributed by atoms with Crippen molar-refractivity contribution in [1.29, 1.82) is 0 Å². The molecule has 1 heterocycles. The summed E-state index contributed by atoms with van der Waals surface area (Å²) in [5, 5.41) is 9.47. The molecule has 0 aliphatic rings. The fourth-order valence-corrected chi connectivity index (χ4v) is 1.69. The molecule has 1 aromatic rings. The van der Waals surface area contributed by atoms with E-state index in [1.807, 2.05) is 0 Å². The second-order valence-corrected chi connectivity index (χ2v) is 3.63. The third kappa shape index (κ3) is 3.12. The van der Waals surface area contributed by atoms with Crippen LogP contribution in [0.15, 0.2) is 6.20 Å². The van der Waals surface area contributed by atoms with Gasteiger partial charge in [0.15, 0.2) is 0 Å². The van der Waals surface area contributed by atoms with Gasteiger partial charge in [-0.3, -0.25) is 0 Å². The third-order valence-electron chi connectivity index (χ3n) is 1.50. The molecule has 0 saturated heterocycles. The van der Waals surface area contributed by atoms with Crippen LogP contribution in [0.3, 0.4) is 0 Å². The molecule has 0 aliphatic carbocycles. The minimum Gasteiger partial charge on any atom is -0.477 e. The van der Waals surface area contributed by atoms with Crippen molar-refractivity contribution in [2.24, 2.45) is 0 Å². The molecule has 0 unspecified atom stereocenters. The van der Waals surface area contributed by atoms with Crippen LogP contribution in [-0.4, -0.2) is 29.8 Å². The number of carboxylic acids is 1. The van der Waals surface area contributed by atoms with Gasteiger partial charge in [-0.25, -0.2) is 9.78 Å². The SMILES string of the molecule is COCCCc1ncc(C(=O)O)s1. The number of thiazole rings is 1. The normalized spacial score (nSPS) is 10.2. The van der Waals surface area contributed by atoms with Gasteiger partial charge >= 0.3 is 5.97 Å². The molecule has 0 amide bonds. The molecule has 0 aliphatic heterocycles. The predicted molar refractivity (Wildman–Crippen MR) is 49.3 cm³/mol. The Morgan fingerprint density at radius 3 is 3.08 bits per heavy atom. The van der Waals surface area contributed by atoms with E-state index in [1.54, 1.807) is 7.11 Å². The van der Waals surface area contributed by atoms with Crippen molar-refractivity contribution in [3.63, 3.8) is 0 Å². The summed E-state index contributed by atoms with van der Waals surface area (Å²) >= 11 is 1.23. The lowest BCUT2D eigenvalue weighted by Gasteiger charge is -1.94. The molecule has 1 aromatic heterocycles. The summed E-state index contributed by atoms with van der Waals surface area (Å²) < 4.78 is 4.88. The van der Waals surface area contributed by atoms with Crippen LogP contribution in [0.2, 0.25) is 0 Å². The number of methoxy groups -OCH3 is 1. The number of ether oxygens (including phenoxy) is 1. The summed E-state index contributed by atoms with van der Waals surface area (Å²) in [6.07, 6.45) is 3.06. The summed E-state index contributed by atoms with van der Waals surface area (Å²) in [4.78, 5) is 14.8. The molecule has 0 atom stereocenters. The lowest BCUT2D eigenvalue weighted by atomic mass is 10.3. The molecule has 0 aromatic carbocycles. The average Bonchev–Trinajstić information content (AvgIpc) is 2.53. The van der Waals surface area contributed by atoms with Gasteiger partial charge in [-0.1, -0.05) is 0 Å². The maximum atomic E-state index is 10.5. The fourth-order valence-electron chi connectivity index (χ4n) is 0.892. The molecular weight excluding hydrogens is 190 g/mol. The zero-order chi connectivity index (χ0) is 9.68. The molecule has 4 nitrogen and oxygen atoms in total. The minimum atomic E-state index is -0.907. The first-order chi connectivity index (χ1) is 6.24. The van der Waals surface area contributed by atoms with Crippen LogP contribution >= 0.6 is 11.3 Å². The molecule has 0 spiro atoms. The van der Waals surface area contributed by atoms with Crippen molar-refractivity contribution in [3.8, 4) is 0 Å². The monoisotopic (exact) mass is 201 g/mol. The van der Waals surface area contributed by atoms with Gasteiger partial charge in [-0.2, -0.15) is 0 Å². The Balaban J connectivity index is 2.44. The molecule has 72 valence electrons. The van der Waals surface area contributed by atoms with Gasteiger partial charge in [0.2, 0.25) is 0 Å². The molecule has 0 bridgehead atoms. The van der Waals surface area contributed by atoms with E-state index in [-0.39, 0.29) is 0 Å². The first-order valence-electron chi connectivity index (χ1n) is 3.91. The number of aryl methyl sites for hydroxylation is 1. The van der Waals surface area contributed by atoms with Crippen LogP contribution < -0.4 is 0 Å². The van der Waals surface area contributed by atoms with Gasteiger partial charge < -0.3 is 9.84 Å². The van der Waals surface area contributed by atoms with Crippen LogP contribution in [0.5, 0.6) is 0 Å². The van der Waals surface area contributed by atoms with Crippen molar-refractivity contribution in [2.75, 3.05) is 13.7 Å². The fraction of sp³-hybridized carbons (Fsp3) is 0.500. The van der Waals surface area contributed by atoms with Crippen molar-refractivity contribution in [2.45, 2.75) is 12.8 Å². The van der Waals surface area contributed by atoms with Crippen LogP contribution in [0.1, 0.15) is 21.1 Å². The highest BCUT2D eigenvalue weighted by Gasteiger charge is 2.07. The summed E-state index contributed by atoms with van der Waals surface area (Å²) in [5.74, 6) is -0.907. The quantitative estimate of drug-likeness (QED) is 0.732. The molecule has 5 heteroatoms. The molecule has 0 radical (unpaired) electrons. The molecule has 13 heavy (non-hydrogen) atoms.